The minimum absolute atomic E-state index is 0.189. The minimum Gasteiger partial charge on any atom is -0.411 e. The molecule has 0 spiro atoms. The summed E-state index contributed by atoms with van der Waals surface area (Å²) in [4.78, 5) is 0. The van der Waals surface area contributed by atoms with Crippen LogP contribution in [0.2, 0.25) is 0 Å². The molecule has 1 heterocycles. The molecule has 0 radical (unpaired) electrons. The quantitative estimate of drug-likeness (QED) is 0.240. The summed E-state index contributed by atoms with van der Waals surface area (Å²) in [7, 11) is -0.553. The van der Waals surface area contributed by atoms with Crippen LogP contribution in [0.1, 0.15) is 23.4 Å². The van der Waals surface area contributed by atoms with Gasteiger partial charge in [-0.25, -0.2) is 21.7 Å². The predicted octanol–water partition coefficient (Wildman–Crippen LogP) is 2.19. The van der Waals surface area contributed by atoms with Gasteiger partial charge in [-0.05, 0) is 51.6 Å². The number of aryl methyl sites for hydroxylation is 1. The third-order valence-electron chi connectivity index (χ3n) is 3.80. The van der Waals surface area contributed by atoms with E-state index in [2.05, 4.69) is 31.4 Å². The smallest absolute Gasteiger partial charge is 0.237 e. The van der Waals surface area contributed by atoms with Gasteiger partial charge in [0.1, 0.15) is 17.2 Å². The fourth-order valence-electron chi connectivity index (χ4n) is 2.21. The first kappa shape index (κ1) is 22.4. The van der Waals surface area contributed by atoms with Crippen LogP contribution >= 0.6 is 15.9 Å². The van der Waals surface area contributed by atoms with E-state index < -0.39 is 21.8 Å². The van der Waals surface area contributed by atoms with Crippen LogP contribution in [0, 0.1) is 5.82 Å². The van der Waals surface area contributed by atoms with Gasteiger partial charge in [0.15, 0.2) is 11.6 Å². The number of hydrogen-bond acceptors (Lipinski definition) is 8. The van der Waals surface area contributed by atoms with E-state index in [9.17, 15) is 18.0 Å². The van der Waals surface area contributed by atoms with Gasteiger partial charge in [-0.15, -0.1) is 0 Å². The molecule has 0 saturated heterocycles. The lowest BCUT2D eigenvalue weighted by Gasteiger charge is -2.11. The Morgan fingerprint density at radius 2 is 2.14 bits per heavy atom. The average Bonchev–Trinajstić information content (AvgIpc) is 3.10. The number of nitrogens with zero attached hydrogens (tertiary/aromatic N) is 4. The molecule has 0 aliphatic carbocycles. The summed E-state index contributed by atoms with van der Waals surface area (Å²) in [5.41, 5.74) is 1.65. The monoisotopic (exact) mass is 478 g/mol. The van der Waals surface area contributed by atoms with E-state index in [0.717, 1.165) is 4.31 Å². The summed E-state index contributed by atoms with van der Waals surface area (Å²) in [5.74, 6) is -0.807. The van der Waals surface area contributed by atoms with E-state index in [4.69, 9.17) is 9.37 Å². The molecule has 0 aliphatic rings. The molecular formula is C16H20BrFN4O5S. The molecule has 2 aromatic rings. The molecule has 0 bridgehead atoms. The second-order valence-corrected chi connectivity index (χ2v) is 9.04. The van der Waals surface area contributed by atoms with Gasteiger partial charge >= 0.3 is 0 Å². The molecular weight excluding hydrogens is 459 g/mol. The zero-order valence-corrected chi connectivity index (χ0v) is 17.7. The molecule has 2 rings (SSSR count). The lowest BCUT2D eigenvalue weighted by Crippen LogP contribution is -2.26. The van der Waals surface area contributed by atoms with E-state index in [1.54, 1.807) is 12.1 Å². The van der Waals surface area contributed by atoms with E-state index in [1.165, 1.54) is 20.2 Å². The minimum atomic E-state index is -3.42. The first-order valence-corrected chi connectivity index (χ1v) is 10.6. The number of rotatable bonds is 10. The Hall–Kier alpha value is -1.89. The third-order valence-corrected chi connectivity index (χ3v) is 5.98. The average molecular weight is 479 g/mol. The molecule has 0 amide bonds. The first-order chi connectivity index (χ1) is 13.2. The van der Waals surface area contributed by atoms with E-state index in [1.807, 2.05) is 0 Å². The first-order valence-electron chi connectivity index (χ1n) is 8.19. The third kappa shape index (κ3) is 6.06. The van der Waals surface area contributed by atoms with Crippen LogP contribution in [0.3, 0.4) is 0 Å². The number of aromatic nitrogens is 2. The molecule has 1 N–H and O–H groups in total. The Morgan fingerprint density at radius 1 is 1.39 bits per heavy atom. The Labute approximate surface area is 170 Å². The SMILES string of the molecule is CN(C)S(=O)(=O)COCCCc1nonc1/C(Cc1ccc(F)c(Br)c1)=N/O. The Bertz CT molecular complexity index is 933. The van der Waals surface area contributed by atoms with Gasteiger partial charge in [-0.3, -0.25) is 0 Å². The number of hydrogen-bond donors (Lipinski definition) is 1. The summed E-state index contributed by atoms with van der Waals surface area (Å²) in [6.45, 7) is 0.190. The highest BCUT2D eigenvalue weighted by molar-refractivity contribution is 9.10. The number of sulfonamides is 1. The number of ether oxygens (including phenoxy) is 1. The van der Waals surface area contributed by atoms with Crippen molar-refractivity contribution >= 4 is 31.7 Å². The standard InChI is InChI=1S/C16H20BrFN4O5S/c1-22(2)28(24,25)10-26-7-3-4-14-16(21-27-20-14)15(19-23)9-11-5-6-13(18)12(17)8-11/h5-6,8,23H,3-4,7,9-10H2,1-2H3/b19-15+. The normalized spacial score (nSPS) is 12.7. The maximum Gasteiger partial charge on any atom is 0.237 e. The van der Waals surface area contributed by atoms with Crippen molar-refractivity contribution in [2.75, 3.05) is 26.6 Å². The van der Waals surface area contributed by atoms with E-state index in [-0.39, 0.29) is 24.4 Å². The van der Waals surface area contributed by atoms with Crippen LogP contribution in [-0.2, 0) is 27.6 Å². The second kappa shape index (κ2) is 10.0. The van der Waals surface area contributed by atoms with Crippen LogP contribution < -0.4 is 0 Å². The Balaban J connectivity index is 1.95. The van der Waals surface area contributed by atoms with Crippen molar-refractivity contribution in [2.24, 2.45) is 5.16 Å². The van der Waals surface area contributed by atoms with Crippen molar-refractivity contribution < 1.29 is 27.4 Å². The van der Waals surface area contributed by atoms with Crippen LogP contribution in [0.5, 0.6) is 0 Å². The predicted molar refractivity (Wildman–Crippen MR) is 102 cm³/mol. The van der Waals surface area contributed by atoms with Crippen molar-refractivity contribution in [3.8, 4) is 0 Å². The summed E-state index contributed by atoms with van der Waals surface area (Å²) in [5, 5.41) is 20.2. The van der Waals surface area contributed by atoms with Crippen molar-refractivity contribution in [2.45, 2.75) is 19.3 Å². The summed E-state index contributed by atoms with van der Waals surface area (Å²) in [6, 6.07) is 4.44. The van der Waals surface area contributed by atoms with E-state index >= 15 is 0 Å². The van der Waals surface area contributed by atoms with Gasteiger partial charge in [-0.2, -0.15) is 0 Å². The van der Waals surface area contributed by atoms with Crippen molar-refractivity contribution in [1.82, 2.24) is 14.6 Å². The van der Waals surface area contributed by atoms with Gasteiger partial charge in [0, 0.05) is 27.1 Å². The zero-order chi connectivity index (χ0) is 20.7. The van der Waals surface area contributed by atoms with Gasteiger partial charge in [0.05, 0.1) is 4.47 Å². The van der Waals surface area contributed by atoms with Gasteiger partial charge < -0.3 is 9.94 Å². The van der Waals surface area contributed by atoms with E-state index in [0.29, 0.717) is 28.6 Å². The molecule has 0 unspecified atom stereocenters. The molecule has 0 saturated carbocycles. The molecule has 28 heavy (non-hydrogen) atoms. The Kier molecular flexibility index (Phi) is 8.04. The van der Waals surface area contributed by atoms with Crippen LogP contribution in [0.25, 0.3) is 0 Å². The van der Waals surface area contributed by atoms with Crippen molar-refractivity contribution in [1.29, 1.82) is 0 Å². The van der Waals surface area contributed by atoms with Gasteiger partial charge in [-0.1, -0.05) is 16.4 Å². The largest absolute Gasteiger partial charge is 0.411 e. The molecule has 0 aliphatic heterocycles. The highest BCUT2D eigenvalue weighted by atomic mass is 79.9. The highest BCUT2D eigenvalue weighted by Gasteiger charge is 2.18. The fraction of sp³-hybridized carbons (Fsp3) is 0.438. The lowest BCUT2D eigenvalue weighted by molar-refractivity contribution is 0.170. The highest BCUT2D eigenvalue weighted by Crippen LogP contribution is 2.19. The summed E-state index contributed by atoms with van der Waals surface area (Å²) in [6.07, 6.45) is 1.03. The summed E-state index contributed by atoms with van der Waals surface area (Å²) >= 11 is 3.11. The molecule has 1 aromatic carbocycles. The van der Waals surface area contributed by atoms with Crippen LogP contribution in [0.15, 0.2) is 32.5 Å². The summed E-state index contributed by atoms with van der Waals surface area (Å²) < 4.78 is 47.9. The fourth-order valence-corrected chi connectivity index (χ4v) is 3.18. The number of oxime groups is 1. The molecule has 12 heteroatoms. The zero-order valence-electron chi connectivity index (χ0n) is 15.3. The second-order valence-electron chi connectivity index (χ2n) is 6.06. The molecule has 154 valence electrons. The molecule has 9 nitrogen and oxygen atoms in total. The lowest BCUT2D eigenvalue weighted by atomic mass is 10.0. The van der Waals surface area contributed by atoms with Crippen molar-refractivity contribution in [3.05, 3.63) is 45.4 Å². The maximum absolute atomic E-state index is 13.4. The molecule has 1 aromatic heterocycles. The van der Waals surface area contributed by atoms with Gasteiger partial charge in [0.25, 0.3) is 0 Å². The molecule has 0 atom stereocenters. The number of benzene rings is 1. The van der Waals surface area contributed by atoms with Crippen LogP contribution in [-0.4, -0.2) is 60.6 Å². The molecule has 0 fully saturated rings. The topological polar surface area (TPSA) is 118 Å². The van der Waals surface area contributed by atoms with Crippen LogP contribution in [0.4, 0.5) is 4.39 Å². The van der Waals surface area contributed by atoms with Crippen molar-refractivity contribution in [3.63, 3.8) is 0 Å². The van der Waals surface area contributed by atoms with Gasteiger partial charge in [0.2, 0.25) is 10.0 Å². The maximum atomic E-state index is 13.4. The Morgan fingerprint density at radius 3 is 2.79 bits per heavy atom. The number of halogens is 2.